The topological polar surface area (TPSA) is 87.1 Å². The molecule has 0 saturated carbocycles. The number of aliphatic hydroxyl groups excluding tert-OH is 1. The summed E-state index contributed by atoms with van der Waals surface area (Å²) < 4.78 is 0. The number of aliphatic hydroxyl groups is 1. The minimum atomic E-state index is -0.812. The third-order valence-electron chi connectivity index (χ3n) is 3.29. The Labute approximate surface area is 146 Å². The van der Waals surface area contributed by atoms with Gasteiger partial charge in [0.05, 0.1) is 24.2 Å². The molecule has 2 aromatic rings. The molecule has 0 bridgehead atoms. The van der Waals surface area contributed by atoms with Crippen LogP contribution in [0.4, 0.5) is 10.5 Å². The lowest BCUT2D eigenvalue weighted by Crippen LogP contribution is -2.32. The van der Waals surface area contributed by atoms with Gasteiger partial charge in [0, 0.05) is 17.0 Å². The van der Waals surface area contributed by atoms with E-state index >= 15 is 0 Å². The summed E-state index contributed by atoms with van der Waals surface area (Å²) in [7, 11) is 0. The minimum Gasteiger partial charge on any atom is -0.387 e. The number of hydrogen-bond donors (Lipinski definition) is 3. The first-order valence-electron chi connectivity index (χ1n) is 7.56. The van der Waals surface area contributed by atoms with E-state index in [1.165, 1.54) is 0 Å². The lowest BCUT2D eigenvalue weighted by Gasteiger charge is -2.16. The van der Waals surface area contributed by atoms with Crippen LogP contribution in [-0.2, 0) is 5.41 Å². The molecule has 1 atom stereocenters. The Morgan fingerprint density at radius 3 is 2.33 bits per heavy atom. The van der Waals surface area contributed by atoms with Crippen molar-refractivity contribution in [1.82, 2.24) is 15.3 Å². The second-order valence-corrected chi connectivity index (χ2v) is 6.88. The van der Waals surface area contributed by atoms with Gasteiger partial charge in [-0.3, -0.25) is 0 Å². The number of hydrogen-bond acceptors (Lipinski definition) is 4. The lowest BCUT2D eigenvalue weighted by atomic mass is 9.96. The Balaban J connectivity index is 1.86. The number of benzene rings is 1. The quantitative estimate of drug-likeness (QED) is 0.791. The number of amides is 2. The van der Waals surface area contributed by atoms with E-state index in [-0.39, 0.29) is 12.0 Å². The molecule has 0 aliphatic heterocycles. The molecule has 1 unspecified atom stereocenters. The van der Waals surface area contributed by atoms with Gasteiger partial charge in [0.15, 0.2) is 0 Å². The van der Waals surface area contributed by atoms with Crippen molar-refractivity contribution in [2.24, 2.45) is 0 Å². The number of nitrogens with zero attached hydrogens (tertiary/aromatic N) is 2. The lowest BCUT2D eigenvalue weighted by molar-refractivity contribution is 0.175. The first-order chi connectivity index (χ1) is 11.3. The molecule has 0 aliphatic carbocycles. The van der Waals surface area contributed by atoms with Gasteiger partial charge in [-0.25, -0.2) is 14.8 Å². The van der Waals surface area contributed by atoms with Gasteiger partial charge in [-0.1, -0.05) is 44.5 Å². The zero-order chi connectivity index (χ0) is 17.7. The van der Waals surface area contributed by atoms with Gasteiger partial charge < -0.3 is 15.7 Å². The first-order valence-corrected chi connectivity index (χ1v) is 7.94. The largest absolute Gasteiger partial charge is 0.387 e. The molecule has 0 spiro atoms. The molecule has 7 heteroatoms. The van der Waals surface area contributed by atoms with Crippen molar-refractivity contribution in [1.29, 1.82) is 0 Å². The van der Waals surface area contributed by atoms with E-state index in [4.69, 9.17) is 11.6 Å². The monoisotopic (exact) mass is 348 g/mol. The number of rotatable bonds is 4. The second-order valence-electron chi connectivity index (χ2n) is 6.45. The molecule has 1 heterocycles. The highest BCUT2D eigenvalue weighted by Gasteiger charge is 2.17. The van der Waals surface area contributed by atoms with Crippen LogP contribution in [-0.4, -0.2) is 27.7 Å². The smallest absolute Gasteiger partial charge is 0.319 e. The summed E-state index contributed by atoms with van der Waals surface area (Å²) in [4.78, 5) is 20.4. The van der Waals surface area contributed by atoms with Gasteiger partial charge in [-0.15, -0.1) is 0 Å². The van der Waals surface area contributed by atoms with E-state index in [1.54, 1.807) is 36.7 Å². The Hall–Kier alpha value is -2.18. The van der Waals surface area contributed by atoms with Crippen molar-refractivity contribution < 1.29 is 9.90 Å². The molecule has 0 aliphatic rings. The fourth-order valence-corrected chi connectivity index (χ4v) is 2.07. The van der Waals surface area contributed by atoms with Crippen LogP contribution < -0.4 is 10.6 Å². The number of carbonyl (C=O) groups excluding carboxylic acids is 1. The number of anilines is 1. The third kappa shape index (κ3) is 5.18. The van der Waals surface area contributed by atoms with Crippen molar-refractivity contribution in [2.45, 2.75) is 32.3 Å². The first kappa shape index (κ1) is 18.2. The van der Waals surface area contributed by atoms with Gasteiger partial charge in [0.25, 0.3) is 0 Å². The predicted octanol–water partition coefficient (Wildman–Crippen LogP) is 3.28. The summed E-state index contributed by atoms with van der Waals surface area (Å²) in [5.41, 5.74) is 1.02. The van der Waals surface area contributed by atoms with Crippen LogP contribution in [0.1, 0.15) is 38.3 Å². The molecule has 0 radical (unpaired) electrons. The van der Waals surface area contributed by atoms with Gasteiger partial charge in [-0.2, -0.15) is 0 Å². The number of urea groups is 1. The normalized spacial score (nSPS) is 12.5. The highest BCUT2D eigenvalue weighted by molar-refractivity contribution is 6.30. The average molecular weight is 349 g/mol. The molecule has 24 heavy (non-hydrogen) atoms. The van der Waals surface area contributed by atoms with Crippen LogP contribution in [0.15, 0.2) is 36.7 Å². The van der Waals surface area contributed by atoms with Crippen LogP contribution >= 0.6 is 11.6 Å². The standard InChI is InChI=1S/C17H21ClN4O2/c1-17(2,3)15-19-8-13(9-20-15)22-16(24)21-10-14(23)11-4-6-12(18)7-5-11/h4-9,14,23H,10H2,1-3H3,(H2,21,22,24). The van der Waals surface area contributed by atoms with Gasteiger partial charge in [-0.05, 0) is 17.7 Å². The fourth-order valence-electron chi connectivity index (χ4n) is 1.95. The second kappa shape index (κ2) is 7.59. The van der Waals surface area contributed by atoms with Crippen LogP contribution in [0.3, 0.4) is 0 Å². The number of nitrogens with one attached hydrogen (secondary N) is 2. The minimum absolute atomic E-state index is 0.0778. The van der Waals surface area contributed by atoms with Crippen molar-refractivity contribution >= 4 is 23.3 Å². The summed E-state index contributed by atoms with van der Waals surface area (Å²) in [5.74, 6) is 0.701. The Morgan fingerprint density at radius 2 is 1.79 bits per heavy atom. The molecule has 2 amide bonds. The van der Waals surface area contributed by atoms with Crippen LogP contribution in [0.25, 0.3) is 0 Å². The highest BCUT2D eigenvalue weighted by Crippen LogP contribution is 2.18. The molecule has 1 aromatic heterocycles. The van der Waals surface area contributed by atoms with Crippen LogP contribution in [0, 0.1) is 0 Å². The van der Waals surface area contributed by atoms with Crippen molar-refractivity contribution in [3.05, 3.63) is 53.1 Å². The van der Waals surface area contributed by atoms with E-state index < -0.39 is 12.1 Å². The number of halogens is 1. The molecule has 2 rings (SSSR count). The van der Waals surface area contributed by atoms with E-state index in [2.05, 4.69) is 20.6 Å². The van der Waals surface area contributed by atoms with Crippen LogP contribution in [0.2, 0.25) is 5.02 Å². The SMILES string of the molecule is CC(C)(C)c1ncc(NC(=O)NCC(O)c2ccc(Cl)cc2)cn1. The summed E-state index contributed by atoms with van der Waals surface area (Å²) in [6.45, 7) is 6.12. The van der Waals surface area contributed by atoms with Gasteiger partial charge in [0.2, 0.25) is 0 Å². The molecule has 128 valence electrons. The zero-order valence-electron chi connectivity index (χ0n) is 13.9. The maximum Gasteiger partial charge on any atom is 0.319 e. The summed E-state index contributed by atoms with van der Waals surface area (Å²) in [5, 5.41) is 15.9. The predicted molar refractivity (Wildman–Crippen MR) is 94.2 cm³/mol. The number of aromatic nitrogens is 2. The molecular formula is C17H21ClN4O2. The zero-order valence-corrected chi connectivity index (χ0v) is 14.6. The van der Waals surface area contributed by atoms with Crippen molar-refractivity contribution in [3.8, 4) is 0 Å². The van der Waals surface area contributed by atoms with E-state index in [9.17, 15) is 9.90 Å². The molecular weight excluding hydrogens is 328 g/mol. The van der Waals surface area contributed by atoms with E-state index in [1.807, 2.05) is 20.8 Å². The molecule has 0 fully saturated rings. The summed E-state index contributed by atoms with van der Waals surface area (Å²) in [6.07, 6.45) is 2.30. The maximum atomic E-state index is 11.9. The molecule has 6 nitrogen and oxygen atoms in total. The van der Waals surface area contributed by atoms with Crippen molar-refractivity contribution in [3.63, 3.8) is 0 Å². The van der Waals surface area contributed by atoms with Gasteiger partial charge >= 0.3 is 6.03 Å². The summed E-state index contributed by atoms with van der Waals surface area (Å²) in [6, 6.07) is 6.37. The molecule has 0 saturated heterocycles. The third-order valence-corrected chi connectivity index (χ3v) is 3.54. The van der Waals surface area contributed by atoms with Crippen molar-refractivity contribution in [2.75, 3.05) is 11.9 Å². The van der Waals surface area contributed by atoms with E-state index in [0.29, 0.717) is 22.1 Å². The van der Waals surface area contributed by atoms with Gasteiger partial charge in [0.1, 0.15) is 5.82 Å². The Morgan fingerprint density at radius 1 is 1.21 bits per heavy atom. The fraction of sp³-hybridized carbons (Fsp3) is 0.353. The number of carbonyl (C=O) groups is 1. The average Bonchev–Trinajstić information content (AvgIpc) is 2.53. The molecule has 3 N–H and O–H groups in total. The van der Waals surface area contributed by atoms with E-state index in [0.717, 1.165) is 0 Å². The van der Waals surface area contributed by atoms with Crippen LogP contribution in [0.5, 0.6) is 0 Å². The Bertz CT molecular complexity index is 681. The molecule has 1 aromatic carbocycles. The summed E-state index contributed by atoms with van der Waals surface area (Å²) >= 11 is 5.80. The highest BCUT2D eigenvalue weighted by atomic mass is 35.5. The maximum absolute atomic E-state index is 11.9. The Kier molecular flexibility index (Phi) is 5.75.